The molecule has 0 spiro atoms. The lowest BCUT2D eigenvalue weighted by atomic mass is 10.1. The zero-order valence-corrected chi connectivity index (χ0v) is 15.4. The van der Waals surface area contributed by atoms with Crippen LogP contribution < -0.4 is 10.2 Å². The third kappa shape index (κ3) is 3.44. The molecule has 134 valence electrons. The third-order valence-electron chi connectivity index (χ3n) is 4.41. The van der Waals surface area contributed by atoms with Gasteiger partial charge in [0, 0.05) is 16.1 Å². The first-order valence-corrected chi connectivity index (χ1v) is 9.00. The number of carbonyl (C=O) groups excluding carboxylic acids is 1. The molecule has 27 heavy (non-hydrogen) atoms. The van der Waals surface area contributed by atoms with Gasteiger partial charge in [-0.05, 0) is 36.2 Å². The van der Waals surface area contributed by atoms with Crippen LogP contribution in [0, 0.1) is 0 Å². The Hall–Kier alpha value is -3.11. The van der Waals surface area contributed by atoms with Gasteiger partial charge in [-0.3, -0.25) is 4.79 Å². The van der Waals surface area contributed by atoms with Crippen molar-refractivity contribution in [2.75, 3.05) is 0 Å². The average Bonchev–Trinajstić information content (AvgIpc) is 3.00. The highest BCUT2D eigenvalue weighted by molar-refractivity contribution is 6.30. The standard InChI is InChI=1S/C22H17ClN2O2/c1-14(27-16-8-6-7-15(23)13-16)22(26)25-24-21-19-11-4-2-9-17(19)18-10-3-5-12-20(18)21/h2-14H,1H3,(H,25,26). The van der Waals surface area contributed by atoms with E-state index in [4.69, 9.17) is 16.3 Å². The Morgan fingerprint density at radius 1 is 0.926 bits per heavy atom. The molecule has 1 aliphatic rings. The molecule has 3 aromatic rings. The van der Waals surface area contributed by atoms with E-state index in [9.17, 15) is 4.79 Å². The van der Waals surface area contributed by atoms with Gasteiger partial charge in [0.05, 0.1) is 5.71 Å². The lowest BCUT2D eigenvalue weighted by Crippen LogP contribution is -2.34. The van der Waals surface area contributed by atoms with Gasteiger partial charge < -0.3 is 4.74 Å². The Bertz CT molecular complexity index is 998. The molecule has 0 heterocycles. The molecular weight excluding hydrogens is 360 g/mol. The molecule has 4 nitrogen and oxygen atoms in total. The van der Waals surface area contributed by atoms with Crippen LogP contribution in [0.3, 0.4) is 0 Å². The van der Waals surface area contributed by atoms with Gasteiger partial charge >= 0.3 is 0 Å². The minimum atomic E-state index is -0.709. The van der Waals surface area contributed by atoms with Crippen molar-refractivity contribution in [2.45, 2.75) is 13.0 Å². The lowest BCUT2D eigenvalue weighted by Gasteiger charge is -2.13. The molecule has 0 aliphatic heterocycles. The Kier molecular flexibility index (Phi) is 4.65. The maximum absolute atomic E-state index is 12.4. The number of hydrazone groups is 1. The van der Waals surface area contributed by atoms with E-state index in [1.54, 1.807) is 31.2 Å². The van der Waals surface area contributed by atoms with E-state index in [-0.39, 0.29) is 5.91 Å². The second-order valence-corrected chi connectivity index (χ2v) is 6.68. The molecule has 0 fully saturated rings. The van der Waals surface area contributed by atoms with Gasteiger partial charge in [-0.2, -0.15) is 5.10 Å². The molecule has 5 heteroatoms. The molecule has 1 N–H and O–H groups in total. The van der Waals surface area contributed by atoms with Crippen molar-refractivity contribution in [3.8, 4) is 16.9 Å². The maximum Gasteiger partial charge on any atom is 0.280 e. The van der Waals surface area contributed by atoms with Crippen molar-refractivity contribution in [1.82, 2.24) is 5.43 Å². The largest absolute Gasteiger partial charge is 0.481 e. The van der Waals surface area contributed by atoms with Gasteiger partial charge in [0.15, 0.2) is 6.10 Å². The Morgan fingerprint density at radius 2 is 1.52 bits per heavy atom. The number of rotatable bonds is 4. The number of fused-ring (bicyclic) bond motifs is 3. The summed E-state index contributed by atoms with van der Waals surface area (Å²) in [7, 11) is 0. The molecule has 0 saturated carbocycles. The molecule has 0 aromatic heterocycles. The second kappa shape index (κ2) is 7.25. The van der Waals surface area contributed by atoms with Gasteiger partial charge in [0.1, 0.15) is 5.75 Å². The molecule has 1 unspecified atom stereocenters. The van der Waals surface area contributed by atoms with Crippen LogP contribution >= 0.6 is 11.6 Å². The number of hydrogen-bond acceptors (Lipinski definition) is 3. The minimum absolute atomic E-state index is 0.329. The summed E-state index contributed by atoms with van der Waals surface area (Å²) in [4.78, 5) is 12.4. The number of halogens is 1. The van der Waals surface area contributed by atoms with Gasteiger partial charge in [-0.15, -0.1) is 0 Å². The van der Waals surface area contributed by atoms with E-state index >= 15 is 0 Å². The maximum atomic E-state index is 12.4. The SMILES string of the molecule is CC(Oc1cccc(Cl)c1)C(=O)NN=C1c2ccccc2-c2ccccc21. The van der Waals surface area contributed by atoms with Crippen LogP contribution in [0.15, 0.2) is 77.9 Å². The summed E-state index contributed by atoms with van der Waals surface area (Å²) in [6.45, 7) is 1.67. The zero-order valence-electron chi connectivity index (χ0n) is 14.6. The topological polar surface area (TPSA) is 50.7 Å². The Balaban J connectivity index is 1.55. The molecule has 3 aromatic carbocycles. The van der Waals surface area contributed by atoms with Crippen LogP contribution in [0.2, 0.25) is 5.02 Å². The smallest absolute Gasteiger partial charge is 0.280 e. The van der Waals surface area contributed by atoms with Crippen LogP contribution in [-0.4, -0.2) is 17.7 Å². The third-order valence-corrected chi connectivity index (χ3v) is 4.65. The van der Waals surface area contributed by atoms with Crippen molar-refractivity contribution in [2.24, 2.45) is 5.10 Å². The molecule has 1 aliphatic carbocycles. The van der Waals surface area contributed by atoms with Crippen LogP contribution in [0.1, 0.15) is 18.1 Å². The Labute approximate surface area is 162 Å². The van der Waals surface area contributed by atoms with Crippen LogP contribution in [-0.2, 0) is 4.79 Å². The Morgan fingerprint density at radius 3 is 2.11 bits per heavy atom. The molecule has 0 radical (unpaired) electrons. The summed E-state index contributed by atoms with van der Waals surface area (Å²) in [6.07, 6.45) is -0.709. The highest BCUT2D eigenvalue weighted by Gasteiger charge is 2.24. The van der Waals surface area contributed by atoms with Gasteiger partial charge in [0.25, 0.3) is 5.91 Å². The molecule has 1 amide bonds. The highest BCUT2D eigenvalue weighted by atomic mass is 35.5. The van der Waals surface area contributed by atoms with E-state index < -0.39 is 6.10 Å². The first-order chi connectivity index (χ1) is 13.1. The summed E-state index contributed by atoms with van der Waals surface area (Å²) >= 11 is 5.95. The van der Waals surface area contributed by atoms with Crippen LogP contribution in [0.25, 0.3) is 11.1 Å². The number of amides is 1. The van der Waals surface area contributed by atoms with Gasteiger partial charge in [0.2, 0.25) is 0 Å². The predicted molar refractivity (Wildman–Crippen MR) is 107 cm³/mol. The highest BCUT2D eigenvalue weighted by Crippen LogP contribution is 2.36. The number of ether oxygens (including phenoxy) is 1. The summed E-state index contributed by atoms with van der Waals surface area (Å²) in [6, 6.07) is 23.0. The first-order valence-electron chi connectivity index (χ1n) is 8.62. The predicted octanol–water partition coefficient (Wildman–Crippen LogP) is 4.66. The van der Waals surface area contributed by atoms with Crippen molar-refractivity contribution in [3.63, 3.8) is 0 Å². The summed E-state index contributed by atoms with van der Waals surface area (Å²) in [5, 5.41) is 4.95. The molecule has 4 rings (SSSR count). The number of carbonyl (C=O) groups is 1. The molecular formula is C22H17ClN2O2. The van der Waals surface area contributed by atoms with E-state index in [0.717, 1.165) is 28.0 Å². The first kappa shape index (κ1) is 17.3. The van der Waals surface area contributed by atoms with Crippen molar-refractivity contribution >= 4 is 23.2 Å². The summed E-state index contributed by atoms with van der Waals surface area (Å²) < 4.78 is 5.65. The fraction of sp³-hybridized carbons (Fsp3) is 0.0909. The van der Waals surface area contributed by atoms with Crippen LogP contribution in [0.5, 0.6) is 5.75 Å². The fourth-order valence-corrected chi connectivity index (χ4v) is 3.29. The van der Waals surface area contributed by atoms with Gasteiger partial charge in [-0.1, -0.05) is 66.2 Å². The second-order valence-electron chi connectivity index (χ2n) is 6.25. The zero-order chi connectivity index (χ0) is 18.8. The van der Waals surface area contributed by atoms with Crippen LogP contribution in [0.4, 0.5) is 0 Å². The quantitative estimate of drug-likeness (QED) is 0.527. The number of hydrogen-bond donors (Lipinski definition) is 1. The normalized spacial score (nSPS) is 12.7. The van der Waals surface area contributed by atoms with E-state index in [1.165, 1.54) is 0 Å². The number of benzene rings is 3. The average molecular weight is 377 g/mol. The van der Waals surface area contributed by atoms with Crippen molar-refractivity contribution < 1.29 is 9.53 Å². The van der Waals surface area contributed by atoms with E-state index in [0.29, 0.717) is 10.8 Å². The van der Waals surface area contributed by atoms with Gasteiger partial charge in [-0.25, -0.2) is 5.43 Å². The fourth-order valence-electron chi connectivity index (χ4n) is 3.11. The molecule has 0 bridgehead atoms. The number of nitrogens with one attached hydrogen (secondary N) is 1. The molecule has 0 saturated heterocycles. The summed E-state index contributed by atoms with van der Waals surface area (Å²) in [5.41, 5.74) is 7.62. The van der Waals surface area contributed by atoms with E-state index in [1.807, 2.05) is 36.4 Å². The minimum Gasteiger partial charge on any atom is -0.481 e. The number of nitrogens with zero attached hydrogens (tertiary/aromatic N) is 1. The van der Waals surface area contributed by atoms with Crippen molar-refractivity contribution in [1.29, 1.82) is 0 Å². The van der Waals surface area contributed by atoms with Crippen molar-refractivity contribution in [3.05, 3.63) is 88.9 Å². The summed E-state index contributed by atoms with van der Waals surface area (Å²) in [5.74, 6) is 0.207. The monoisotopic (exact) mass is 376 g/mol. The molecule has 1 atom stereocenters. The van der Waals surface area contributed by atoms with E-state index in [2.05, 4.69) is 22.7 Å². The lowest BCUT2D eigenvalue weighted by molar-refractivity contribution is -0.127.